The zero-order valence-electron chi connectivity index (χ0n) is 13.1. The van der Waals surface area contributed by atoms with Crippen molar-refractivity contribution in [2.24, 2.45) is 5.41 Å². The van der Waals surface area contributed by atoms with Gasteiger partial charge in [-0.15, -0.1) is 0 Å². The first-order chi connectivity index (χ1) is 11.4. The van der Waals surface area contributed by atoms with Crippen LogP contribution in [0, 0.1) is 5.41 Å². The van der Waals surface area contributed by atoms with Crippen LogP contribution in [0.15, 0.2) is 18.5 Å². The van der Waals surface area contributed by atoms with Gasteiger partial charge in [-0.25, -0.2) is 0 Å². The largest absolute Gasteiger partial charge is 0.418 e. The van der Waals surface area contributed by atoms with Gasteiger partial charge in [0.05, 0.1) is 24.3 Å². The van der Waals surface area contributed by atoms with E-state index >= 15 is 0 Å². The van der Waals surface area contributed by atoms with Crippen LogP contribution in [0.25, 0.3) is 0 Å². The van der Waals surface area contributed by atoms with E-state index in [-0.39, 0.29) is 17.5 Å². The van der Waals surface area contributed by atoms with Gasteiger partial charge < -0.3 is 14.4 Å². The van der Waals surface area contributed by atoms with Crippen molar-refractivity contribution in [3.63, 3.8) is 0 Å². The number of pyridine rings is 1. The van der Waals surface area contributed by atoms with E-state index in [4.69, 9.17) is 9.47 Å². The van der Waals surface area contributed by atoms with E-state index in [2.05, 4.69) is 4.98 Å². The van der Waals surface area contributed by atoms with E-state index in [0.29, 0.717) is 39.2 Å². The minimum absolute atomic E-state index is 0.240. The molecule has 0 unspecified atom stereocenters. The number of halogens is 3. The Hall–Kier alpha value is -1.67. The third-order valence-electron chi connectivity index (χ3n) is 4.64. The maximum Gasteiger partial charge on any atom is 0.418 e. The Labute approximate surface area is 137 Å². The van der Waals surface area contributed by atoms with Crippen LogP contribution in [0.2, 0.25) is 0 Å². The highest BCUT2D eigenvalue weighted by molar-refractivity contribution is 5.95. The molecule has 0 atom stereocenters. The molecule has 8 heteroatoms. The second kappa shape index (κ2) is 6.68. The van der Waals surface area contributed by atoms with E-state index in [0.717, 1.165) is 18.9 Å². The van der Waals surface area contributed by atoms with Crippen molar-refractivity contribution in [3.8, 4) is 0 Å². The fraction of sp³-hybridized carbons (Fsp3) is 0.625. The van der Waals surface area contributed by atoms with E-state index in [1.807, 2.05) is 0 Å². The Kier molecular flexibility index (Phi) is 4.78. The molecule has 0 saturated carbocycles. The number of carbonyl (C=O) groups is 1. The zero-order valence-corrected chi connectivity index (χ0v) is 13.1. The molecule has 3 heterocycles. The first-order valence-electron chi connectivity index (χ1n) is 7.87. The third kappa shape index (κ3) is 3.54. The fourth-order valence-electron chi connectivity index (χ4n) is 3.25. The molecule has 1 amide bonds. The molecular weight excluding hydrogens is 325 g/mol. The lowest BCUT2D eigenvalue weighted by Crippen LogP contribution is -2.45. The van der Waals surface area contributed by atoms with Gasteiger partial charge in [0.25, 0.3) is 5.91 Å². The predicted octanol–water partition coefficient (Wildman–Crippen LogP) is 2.37. The lowest BCUT2D eigenvalue weighted by molar-refractivity contribution is -0.138. The summed E-state index contributed by atoms with van der Waals surface area (Å²) in [5.74, 6) is -0.624. The van der Waals surface area contributed by atoms with E-state index in [9.17, 15) is 18.0 Å². The van der Waals surface area contributed by atoms with Crippen LogP contribution in [0.5, 0.6) is 0 Å². The molecule has 0 aromatic carbocycles. The number of hydrogen-bond acceptors (Lipinski definition) is 4. The van der Waals surface area contributed by atoms with Crippen LogP contribution < -0.4 is 0 Å². The summed E-state index contributed by atoms with van der Waals surface area (Å²) in [6.07, 6.45) is -1.23. The molecule has 2 fully saturated rings. The molecule has 0 N–H and O–H groups in total. The molecule has 2 saturated heterocycles. The molecular formula is C16H19F3N2O3. The number of nitrogens with zero attached hydrogens (tertiary/aromatic N) is 2. The Bertz CT molecular complexity index is 600. The van der Waals surface area contributed by atoms with Crippen molar-refractivity contribution in [3.05, 3.63) is 29.6 Å². The van der Waals surface area contributed by atoms with Crippen molar-refractivity contribution < 1.29 is 27.4 Å². The van der Waals surface area contributed by atoms with E-state index in [1.54, 1.807) is 0 Å². The Morgan fingerprint density at radius 3 is 2.67 bits per heavy atom. The molecule has 2 aliphatic heterocycles. The first-order valence-corrected chi connectivity index (χ1v) is 7.87. The number of rotatable bonds is 1. The lowest BCUT2D eigenvalue weighted by Gasteiger charge is -2.38. The summed E-state index contributed by atoms with van der Waals surface area (Å²) in [7, 11) is 0. The SMILES string of the molecule is O=C(c1ccncc1C(F)(F)F)N1CCOCC2(CCOCC2)C1. The minimum atomic E-state index is -4.61. The molecule has 0 radical (unpaired) electrons. The monoisotopic (exact) mass is 344 g/mol. The Balaban J connectivity index is 1.86. The van der Waals surface area contributed by atoms with E-state index < -0.39 is 17.6 Å². The molecule has 2 aliphatic rings. The maximum atomic E-state index is 13.2. The molecule has 3 rings (SSSR count). The van der Waals surface area contributed by atoms with Crippen molar-refractivity contribution in [1.29, 1.82) is 0 Å². The molecule has 24 heavy (non-hydrogen) atoms. The minimum Gasteiger partial charge on any atom is -0.381 e. The molecule has 132 valence electrons. The summed E-state index contributed by atoms with van der Waals surface area (Å²) in [4.78, 5) is 17.7. The maximum absolute atomic E-state index is 13.2. The average Bonchev–Trinajstić information content (AvgIpc) is 2.77. The second-order valence-electron chi connectivity index (χ2n) is 6.31. The summed E-state index contributed by atoms with van der Waals surface area (Å²) in [5.41, 5.74) is -1.60. The topological polar surface area (TPSA) is 51.7 Å². The highest BCUT2D eigenvalue weighted by Crippen LogP contribution is 2.35. The van der Waals surface area contributed by atoms with Gasteiger partial charge in [-0.3, -0.25) is 9.78 Å². The van der Waals surface area contributed by atoms with Crippen LogP contribution >= 0.6 is 0 Å². The van der Waals surface area contributed by atoms with Crippen molar-refractivity contribution in [2.75, 3.05) is 39.5 Å². The summed E-state index contributed by atoms with van der Waals surface area (Å²) in [6, 6.07) is 1.13. The Morgan fingerprint density at radius 1 is 1.21 bits per heavy atom. The first kappa shape index (κ1) is 17.2. The molecule has 1 aromatic heterocycles. The molecule has 1 aromatic rings. The highest BCUT2D eigenvalue weighted by atomic mass is 19.4. The number of hydrogen-bond donors (Lipinski definition) is 0. The van der Waals surface area contributed by atoms with Gasteiger partial charge in [0.15, 0.2) is 0 Å². The number of alkyl halides is 3. The number of aromatic nitrogens is 1. The normalized spacial score (nSPS) is 21.5. The summed E-state index contributed by atoms with van der Waals surface area (Å²) >= 11 is 0. The van der Waals surface area contributed by atoms with E-state index in [1.165, 1.54) is 11.1 Å². The average molecular weight is 344 g/mol. The molecule has 5 nitrogen and oxygen atoms in total. The molecule has 0 bridgehead atoms. The predicted molar refractivity (Wildman–Crippen MR) is 78.4 cm³/mol. The van der Waals surface area contributed by atoms with Gasteiger partial charge in [0, 0.05) is 44.1 Å². The smallest absolute Gasteiger partial charge is 0.381 e. The summed E-state index contributed by atoms with van der Waals surface area (Å²) in [5, 5.41) is 0. The quantitative estimate of drug-likeness (QED) is 0.785. The van der Waals surface area contributed by atoms with Crippen molar-refractivity contribution >= 4 is 5.91 Å². The van der Waals surface area contributed by atoms with Gasteiger partial charge in [0.2, 0.25) is 0 Å². The summed E-state index contributed by atoms with van der Waals surface area (Å²) in [6.45, 7) is 2.64. The highest BCUT2D eigenvalue weighted by Gasteiger charge is 2.40. The molecule has 0 aliphatic carbocycles. The van der Waals surface area contributed by atoms with Gasteiger partial charge >= 0.3 is 6.18 Å². The number of ether oxygens (including phenoxy) is 2. The van der Waals surface area contributed by atoms with Gasteiger partial charge in [0.1, 0.15) is 0 Å². The number of amides is 1. The number of carbonyl (C=O) groups excluding carboxylic acids is 1. The second-order valence-corrected chi connectivity index (χ2v) is 6.31. The van der Waals surface area contributed by atoms with Gasteiger partial charge in [-0.2, -0.15) is 13.2 Å². The van der Waals surface area contributed by atoms with Crippen molar-refractivity contribution in [2.45, 2.75) is 19.0 Å². The zero-order chi connectivity index (χ0) is 17.2. The van der Waals surface area contributed by atoms with Crippen molar-refractivity contribution in [1.82, 2.24) is 9.88 Å². The van der Waals surface area contributed by atoms with Crippen LogP contribution in [-0.4, -0.2) is 55.3 Å². The van der Waals surface area contributed by atoms with Crippen LogP contribution in [0.1, 0.15) is 28.8 Å². The van der Waals surface area contributed by atoms with Gasteiger partial charge in [-0.05, 0) is 18.9 Å². The van der Waals surface area contributed by atoms with Crippen LogP contribution in [-0.2, 0) is 15.7 Å². The third-order valence-corrected chi connectivity index (χ3v) is 4.64. The molecule has 1 spiro atoms. The van der Waals surface area contributed by atoms with Crippen LogP contribution in [0.3, 0.4) is 0 Å². The lowest BCUT2D eigenvalue weighted by atomic mass is 9.80. The fourth-order valence-corrected chi connectivity index (χ4v) is 3.25. The Morgan fingerprint density at radius 2 is 1.96 bits per heavy atom. The summed E-state index contributed by atoms with van der Waals surface area (Å²) < 4.78 is 50.4. The standard InChI is InChI=1S/C16H19F3N2O3/c17-16(18,19)13-9-20-4-1-12(13)14(22)21-5-8-24-11-15(10-21)2-6-23-7-3-15/h1,4,9H,2-3,5-8,10-11H2. The van der Waals surface area contributed by atoms with Crippen LogP contribution in [0.4, 0.5) is 13.2 Å². The van der Waals surface area contributed by atoms with Gasteiger partial charge in [-0.1, -0.05) is 0 Å².